The van der Waals surface area contributed by atoms with Gasteiger partial charge in [0.1, 0.15) is 6.10 Å². The first kappa shape index (κ1) is 22.6. The van der Waals surface area contributed by atoms with Crippen LogP contribution in [0.5, 0.6) is 0 Å². The number of piperazine rings is 1. The standard InChI is InChI=1S/C23H34N2O2.CH2O2/c1-19-7-9-20(10-8-19)25-16-14-24(15-17-25)13-5-6-21-18-23(22(26)27-21)11-3-2-4-12-23;2-1-3/h7-10,21H,2-6,11-18H2,1H3;1H,(H,2,3). The Hall–Kier alpha value is -2.08. The van der Waals surface area contributed by atoms with Crippen molar-refractivity contribution in [1.82, 2.24) is 4.90 Å². The highest BCUT2D eigenvalue weighted by molar-refractivity contribution is 5.79. The maximum Gasteiger partial charge on any atom is 0.312 e. The molecule has 1 spiro atoms. The molecule has 4 rings (SSSR count). The number of ether oxygens (including phenoxy) is 1. The number of rotatable bonds is 5. The van der Waals surface area contributed by atoms with Crippen molar-refractivity contribution < 1.29 is 19.4 Å². The highest BCUT2D eigenvalue weighted by Crippen LogP contribution is 2.46. The van der Waals surface area contributed by atoms with E-state index in [9.17, 15) is 4.79 Å². The zero-order valence-corrected chi connectivity index (χ0v) is 18.2. The maximum atomic E-state index is 12.4. The van der Waals surface area contributed by atoms with Crippen molar-refractivity contribution in [2.75, 3.05) is 37.6 Å². The van der Waals surface area contributed by atoms with Crippen LogP contribution in [0, 0.1) is 12.3 Å². The van der Waals surface area contributed by atoms with Crippen LogP contribution in [0.15, 0.2) is 24.3 Å². The zero-order chi connectivity index (χ0) is 21.4. The number of hydrogen-bond acceptors (Lipinski definition) is 5. The molecule has 3 aliphatic rings. The third-order valence-electron chi connectivity index (χ3n) is 6.91. The second-order valence-corrected chi connectivity index (χ2v) is 8.98. The van der Waals surface area contributed by atoms with Crippen LogP contribution in [0.4, 0.5) is 5.69 Å². The monoisotopic (exact) mass is 416 g/mol. The van der Waals surface area contributed by atoms with Crippen molar-refractivity contribution in [2.24, 2.45) is 5.41 Å². The van der Waals surface area contributed by atoms with Crippen LogP contribution in [0.25, 0.3) is 0 Å². The Labute approximate surface area is 180 Å². The van der Waals surface area contributed by atoms with Gasteiger partial charge in [0, 0.05) is 38.3 Å². The quantitative estimate of drug-likeness (QED) is 0.581. The molecule has 1 aromatic carbocycles. The Morgan fingerprint density at radius 3 is 2.37 bits per heavy atom. The molecule has 2 aliphatic heterocycles. The average Bonchev–Trinajstić information content (AvgIpc) is 3.05. The fraction of sp³-hybridized carbons (Fsp3) is 0.667. The molecule has 0 bridgehead atoms. The van der Waals surface area contributed by atoms with Crippen LogP contribution in [0.3, 0.4) is 0 Å². The molecule has 0 aromatic heterocycles. The summed E-state index contributed by atoms with van der Waals surface area (Å²) in [5.74, 6) is 0.110. The van der Waals surface area contributed by atoms with Crippen molar-refractivity contribution in [2.45, 2.75) is 64.4 Å². The summed E-state index contributed by atoms with van der Waals surface area (Å²) in [5, 5.41) is 6.89. The van der Waals surface area contributed by atoms with Crippen molar-refractivity contribution in [3.8, 4) is 0 Å². The number of aryl methyl sites for hydroxylation is 1. The number of carboxylic acid groups (broad SMARTS) is 1. The number of esters is 1. The van der Waals surface area contributed by atoms with Gasteiger partial charge in [-0.05, 0) is 51.3 Å². The van der Waals surface area contributed by atoms with Gasteiger partial charge in [0.15, 0.2) is 0 Å². The van der Waals surface area contributed by atoms with Crippen molar-refractivity contribution in [3.63, 3.8) is 0 Å². The summed E-state index contributed by atoms with van der Waals surface area (Å²) < 4.78 is 5.76. The van der Waals surface area contributed by atoms with E-state index in [-0.39, 0.29) is 24.0 Å². The van der Waals surface area contributed by atoms with Crippen molar-refractivity contribution in [1.29, 1.82) is 0 Å². The summed E-state index contributed by atoms with van der Waals surface area (Å²) in [6, 6.07) is 8.87. The summed E-state index contributed by atoms with van der Waals surface area (Å²) in [5.41, 5.74) is 2.55. The molecule has 1 atom stereocenters. The van der Waals surface area contributed by atoms with E-state index in [2.05, 4.69) is 41.0 Å². The van der Waals surface area contributed by atoms with Crippen LogP contribution >= 0.6 is 0 Å². The molecule has 166 valence electrons. The molecule has 3 fully saturated rings. The van der Waals surface area contributed by atoms with Gasteiger partial charge in [0.2, 0.25) is 0 Å². The van der Waals surface area contributed by atoms with E-state index in [0.29, 0.717) is 0 Å². The minimum atomic E-state index is -0.250. The van der Waals surface area contributed by atoms with E-state index >= 15 is 0 Å². The van der Waals surface area contributed by atoms with Gasteiger partial charge in [-0.25, -0.2) is 0 Å². The van der Waals surface area contributed by atoms with Crippen molar-refractivity contribution >= 4 is 18.1 Å². The third-order valence-corrected chi connectivity index (χ3v) is 6.91. The molecule has 1 unspecified atom stereocenters. The predicted octanol–water partition coefficient (Wildman–Crippen LogP) is 3.86. The van der Waals surface area contributed by atoms with E-state index in [1.165, 1.54) is 30.5 Å². The molecule has 1 N–H and O–H groups in total. The summed E-state index contributed by atoms with van der Waals surface area (Å²) in [7, 11) is 0. The number of benzene rings is 1. The van der Waals surface area contributed by atoms with Crippen LogP contribution < -0.4 is 4.90 Å². The molecule has 0 amide bonds. The molecule has 1 saturated carbocycles. The molecule has 0 radical (unpaired) electrons. The Kier molecular flexibility index (Phi) is 8.14. The second-order valence-electron chi connectivity index (χ2n) is 8.98. The summed E-state index contributed by atoms with van der Waals surface area (Å²) in [4.78, 5) is 25.8. The molecule has 2 saturated heterocycles. The molecule has 30 heavy (non-hydrogen) atoms. The lowest BCUT2D eigenvalue weighted by Gasteiger charge is -2.36. The number of carbonyl (C=O) groups is 2. The molecular weight excluding hydrogens is 380 g/mol. The fourth-order valence-corrected chi connectivity index (χ4v) is 5.16. The lowest BCUT2D eigenvalue weighted by atomic mass is 9.72. The predicted molar refractivity (Wildman–Crippen MR) is 118 cm³/mol. The second kappa shape index (κ2) is 10.8. The van der Waals surface area contributed by atoms with Gasteiger partial charge in [0.25, 0.3) is 6.47 Å². The first-order valence-corrected chi connectivity index (χ1v) is 11.4. The molecule has 1 aliphatic carbocycles. The fourth-order valence-electron chi connectivity index (χ4n) is 5.16. The average molecular weight is 417 g/mol. The summed E-state index contributed by atoms with van der Waals surface area (Å²) in [6.07, 6.45) is 9.13. The van der Waals surface area contributed by atoms with Crippen LogP contribution in [-0.4, -0.2) is 61.3 Å². The summed E-state index contributed by atoms with van der Waals surface area (Å²) >= 11 is 0. The minimum Gasteiger partial charge on any atom is -0.483 e. The number of nitrogens with zero attached hydrogens (tertiary/aromatic N) is 2. The smallest absolute Gasteiger partial charge is 0.312 e. The summed E-state index contributed by atoms with van der Waals surface area (Å²) in [6.45, 7) is 7.47. The van der Waals surface area contributed by atoms with Gasteiger partial charge < -0.3 is 14.7 Å². The van der Waals surface area contributed by atoms with Gasteiger partial charge >= 0.3 is 5.97 Å². The Balaban J connectivity index is 0.000000806. The van der Waals surface area contributed by atoms with E-state index < -0.39 is 0 Å². The van der Waals surface area contributed by atoms with Crippen molar-refractivity contribution in [3.05, 3.63) is 29.8 Å². The SMILES string of the molecule is Cc1ccc(N2CCN(CCCC3CC4(CCCCC4)C(=O)O3)CC2)cc1.O=CO. The van der Waals surface area contributed by atoms with Gasteiger partial charge in [-0.2, -0.15) is 0 Å². The molecule has 2 heterocycles. The van der Waals surface area contributed by atoms with Gasteiger partial charge in [-0.3, -0.25) is 14.5 Å². The first-order valence-electron chi connectivity index (χ1n) is 11.4. The number of cyclic esters (lactones) is 1. The van der Waals surface area contributed by atoms with E-state index in [4.69, 9.17) is 14.6 Å². The molecule has 1 aromatic rings. The molecule has 6 nitrogen and oxygen atoms in total. The topological polar surface area (TPSA) is 70.1 Å². The van der Waals surface area contributed by atoms with E-state index in [1.807, 2.05) is 0 Å². The lowest BCUT2D eigenvalue weighted by molar-refractivity contribution is -0.150. The van der Waals surface area contributed by atoms with Gasteiger partial charge in [-0.15, -0.1) is 0 Å². The van der Waals surface area contributed by atoms with E-state index in [0.717, 1.165) is 64.8 Å². The highest BCUT2D eigenvalue weighted by atomic mass is 16.6. The maximum absolute atomic E-state index is 12.4. The first-order chi connectivity index (χ1) is 14.6. The normalized spacial score (nSPS) is 23.6. The van der Waals surface area contributed by atoms with Crippen LogP contribution in [0.2, 0.25) is 0 Å². The number of carbonyl (C=O) groups excluding carboxylic acids is 1. The highest BCUT2D eigenvalue weighted by Gasteiger charge is 2.48. The Morgan fingerprint density at radius 1 is 1.10 bits per heavy atom. The zero-order valence-electron chi connectivity index (χ0n) is 18.2. The van der Waals surface area contributed by atoms with Crippen LogP contribution in [-0.2, 0) is 14.3 Å². The molecular formula is C24H36N2O4. The Morgan fingerprint density at radius 2 is 1.73 bits per heavy atom. The van der Waals surface area contributed by atoms with E-state index in [1.54, 1.807) is 0 Å². The number of anilines is 1. The molecule has 6 heteroatoms. The number of hydrogen-bond donors (Lipinski definition) is 1. The van der Waals surface area contributed by atoms with Gasteiger partial charge in [0.05, 0.1) is 5.41 Å². The van der Waals surface area contributed by atoms with Gasteiger partial charge in [-0.1, -0.05) is 37.0 Å². The Bertz CT molecular complexity index is 677. The van der Waals surface area contributed by atoms with Crippen LogP contribution in [0.1, 0.15) is 56.9 Å². The third kappa shape index (κ3) is 5.75. The largest absolute Gasteiger partial charge is 0.483 e. The minimum absolute atomic E-state index is 0.109. The lowest BCUT2D eigenvalue weighted by Crippen LogP contribution is -2.46.